The number of aromatic nitrogens is 2. The monoisotopic (exact) mass is 179 g/mol. The molecule has 0 radical (unpaired) electrons. The number of thiazole rings is 1. The van der Waals surface area contributed by atoms with E-state index in [1.807, 2.05) is 36.9 Å². The van der Waals surface area contributed by atoms with Gasteiger partial charge in [-0.3, -0.25) is 4.98 Å². The van der Waals surface area contributed by atoms with Crippen molar-refractivity contribution in [2.45, 2.75) is 0 Å². The molecule has 0 saturated heterocycles. The molecule has 0 amide bonds. The molecule has 0 spiro atoms. The van der Waals surface area contributed by atoms with Crippen molar-refractivity contribution in [1.29, 1.82) is 0 Å². The second-order valence-corrected chi connectivity index (χ2v) is 3.64. The zero-order valence-corrected chi connectivity index (χ0v) is 7.80. The summed E-state index contributed by atoms with van der Waals surface area (Å²) in [5.74, 6) is 0. The second-order valence-electron chi connectivity index (χ2n) is 2.75. The fourth-order valence-corrected chi connectivity index (χ4v) is 1.77. The van der Waals surface area contributed by atoms with Crippen LogP contribution in [0.25, 0.3) is 10.2 Å². The number of nitrogens with zero attached hydrogens (tertiary/aromatic N) is 3. The van der Waals surface area contributed by atoms with Crippen LogP contribution in [0.4, 0.5) is 5.69 Å². The van der Waals surface area contributed by atoms with Crippen LogP contribution in [0, 0.1) is 0 Å². The minimum absolute atomic E-state index is 1.04. The topological polar surface area (TPSA) is 29.0 Å². The van der Waals surface area contributed by atoms with Crippen molar-refractivity contribution in [3.05, 3.63) is 17.9 Å². The quantitative estimate of drug-likeness (QED) is 0.668. The molecule has 0 N–H and O–H groups in total. The lowest BCUT2D eigenvalue weighted by atomic mass is 10.3. The van der Waals surface area contributed by atoms with Gasteiger partial charge in [0, 0.05) is 20.3 Å². The van der Waals surface area contributed by atoms with E-state index < -0.39 is 0 Å². The number of fused-ring (bicyclic) bond motifs is 1. The second kappa shape index (κ2) is 2.71. The van der Waals surface area contributed by atoms with Gasteiger partial charge >= 0.3 is 0 Å². The number of rotatable bonds is 1. The van der Waals surface area contributed by atoms with Gasteiger partial charge in [-0.05, 0) is 0 Å². The smallest absolute Gasteiger partial charge is 0.108 e. The van der Waals surface area contributed by atoms with Crippen LogP contribution < -0.4 is 4.90 Å². The normalized spacial score (nSPS) is 10.5. The molecule has 0 unspecified atom stereocenters. The molecule has 0 aliphatic carbocycles. The predicted octanol–water partition coefficient (Wildman–Crippen LogP) is 1.76. The Morgan fingerprint density at radius 3 is 2.92 bits per heavy atom. The highest BCUT2D eigenvalue weighted by molar-refractivity contribution is 7.16. The first-order valence-corrected chi connectivity index (χ1v) is 4.51. The highest BCUT2D eigenvalue weighted by Crippen LogP contribution is 2.24. The molecule has 0 aliphatic heterocycles. The zero-order valence-electron chi connectivity index (χ0n) is 6.98. The molecule has 0 atom stereocenters. The van der Waals surface area contributed by atoms with E-state index in [-0.39, 0.29) is 0 Å². The van der Waals surface area contributed by atoms with Gasteiger partial charge in [0.05, 0.1) is 22.1 Å². The lowest BCUT2D eigenvalue weighted by Gasteiger charge is -2.11. The third-order valence-electron chi connectivity index (χ3n) is 1.71. The molecule has 0 aromatic carbocycles. The van der Waals surface area contributed by atoms with Gasteiger partial charge < -0.3 is 4.90 Å². The van der Waals surface area contributed by atoms with E-state index >= 15 is 0 Å². The van der Waals surface area contributed by atoms with Gasteiger partial charge in [-0.1, -0.05) is 0 Å². The van der Waals surface area contributed by atoms with Crippen molar-refractivity contribution in [2.24, 2.45) is 0 Å². The minimum atomic E-state index is 1.04. The summed E-state index contributed by atoms with van der Waals surface area (Å²) < 4.78 is 1.14. The first-order chi connectivity index (χ1) is 5.79. The average molecular weight is 179 g/mol. The largest absolute Gasteiger partial charge is 0.375 e. The van der Waals surface area contributed by atoms with Gasteiger partial charge in [0.25, 0.3) is 0 Å². The van der Waals surface area contributed by atoms with Crippen LogP contribution in [0.3, 0.4) is 0 Å². The molecular formula is C8H9N3S. The minimum Gasteiger partial charge on any atom is -0.375 e. The van der Waals surface area contributed by atoms with Crippen molar-refractivity contribution in [3.63, 3.8) is 0 Å². The van der Waals surface area contributed by atoms with Crippen molar-refractivity contribution in [2.75, 3.05) is 19.0 Å². The lowest BCUT2D eigenvalue weighted by molar-refractivity contribution is 1.12. The molecule has 0 aliphatic rings. The van der Waals surface area contributed by atoms with Crippen LogP contribution in [-0.2, 0) is 0 Å². The Bertz CT molecular complexity index is 394. The summed E-state index contributed by atoms with van der Waals surface area (Å²) in [6, 6.07) is 0. The molecule has 2 heterocycles. The van der Waals surface area contributed by atoms with Gasteiger partial charge in [-0.15, -0.1) is 11.3 Å². The summed E-state index contributed by atoms with van der Waals surface area (Å²) >= 11 is 1.62. The maximum Gasteiger partial charge on any atom is 0.108 e. The van der Waals surface area contributed by atoms with E-state index in [1.165, 1.54) is 0 Å². The number of pyridine rings is 1. The van der Waals surface area contributed by atoms with E-state index in [0.717, 1.165) is 15.9 Å². The standard InChI is InChI=1S/C8H9N3S/c1-11(2)6-3-9-4-7-8(6)10-5-12-7/h3-5H,1-2H3. The molecule has 0 bridgehead atoms. The Labute approximate surface area is 74.7 Å². The molecule has 0 saturated carbocycles. The van der Waals surface area contributed by atoms with Gasteiger partial charge in [0.2, 0.25) is 0 Å². The molecule has 2 aromatic rings. The summed E-state index contributed by atoms with van der Waals surface area (Å²) in [7, 11) is 3.99. The van der Waals surface area contributed by atoms with Crippen molar-refractivity contribution >= 4 is 27.2 Å². The number of anilines is 1. The van der Waals surface area contributed by atoms with Crippen molar-refractivity contribution in [3.8, 4) is 0 Å². The molecule has 4 heteroatoms. The van der Waals surface area contributed by atoms with Crippen LogP contribution in [0.5, 0.6) is 0 Å². The van der Waals surface area contributed by atoms with Crippen molar-refractivity contribution < 1.29 is 0 Å². The number of hydrogen-bond acceptors (Lipinski definition) is 4. The van der Waals surface area contributed by atoms with E-state index in [1.54, 1.807) is 11.3 Å². The molecule has 2 aromatic heterocycles. The van der Waals surface area contributed by atoms with E-state index in [2.05, 4.69) is 9.97 Å². The fraction of sp³-hybridized carbons (Fsp3) is 0.250. The summed E-state index contributed by atoms with van der Waals surface area (Å²) in [5, 5.41) is 0. The molecule has 3 nitrogen and oxygen atoms in total. The number of hydrogen-bond donors (Lipinski definition) is 0. The van der Waals surface area contributed by atoms with Crippen LogP contribution in [0.1, 0.15) is 0 Å². The van der Waals surface area contributed by atoms with Crippen LogP contribution in [0.2, 0.25) is 0 Å². The predicted molar refractivity (Wildman–Crippen MR) is 51.7 cm³/mol. The van der Waals surface area contributed by atoms with Gasteiger partial charge in [0.15, 0.2) is 0 Å². The summed E-state index contributed by atoms with van der Waals surface area (Å²) in [5.41, 5.74) is 3.97. The molecule has 12 heavy (non-hydrogen) atoms. The van der Waals surface area contributed by atoms with Gasteiger partial charge in [-0.25, -0.2) is 4.98 Å². The van der Waals surface area contributed by atoms with Crippen LogP contribution in [-0.4, -0.2) is 24.1 Å². The van der Waals surface area contributed by atoms with E-state index in [9.17, 15) is 0 Å². The van der Waals surface area contributed by atoms with E-state index in [4.69, 9.17) is 0 Å². The maximum absolute atomic E-state index is 4.28. The third-order valence-corrected chi connectivity index (χ3v) is 2.47. The van der Waals surface area contributed by atoms with Gasteiger partial charge in [-0.2, -0.15) is 0 Å². The zero-order chi connectivity index (χ0) is 8.55. The van der Waals surface area contributed by atoms with Crippen LogP contribution in [0.15, 0.2) is 17.9 Å². The van der Waals surface area contributed by atoms with Crippen LogP contribution >= 0.6 is 11.3 Å². The summed E-state index contributed by atoms with van der Waals surface area (Å²) in [4.78, 5) is 10.4. The Hall–Kier alpha value is -1.16. The SMILES string of the molecule is CN(C)c1cncc2scnc12. The van der Waals surface area contributed by atoms with E-state index in [0.29, 0.717) is 0 Å². The highest BCUT2D eigenvalue weighted by atomic mass is 32.1. The summed E-state index contributed by atoms with van der Waals surface area (Å²) in [6.07, 6.45) is 3.68. The third kappa shape index (κ3) is 1.04. The Morgan fingerprint density at radius 2 is 2.17 bits per heavy atom. The first kappa shape index (κ1) is 7.49. The van der Waals surface area contributed by atoms with Gasteiger partial charge in [0.1, 0.15) is 5.52 Å². The molecule has 2 rings (SSSR count). The van der Waals surface area contributed by atoms with Crippen molar-refractivity contribution in [1.82, 2.24) is 9.97 Å². The Balaban J connectivity index is 2.73. The molecule has 0 fully saturated rings. The Kier molecular flexibility index (Phi) is 1.69. The highest BCUT2D eigenvalue weighted by Gasteiger charge is 2.04. The first-order valence-electron chi connectivity index (χ1n) is 3.63. The lowest BCUT2D eigenvalue weighted by Crippen LogP contribution is -2.09. The Morgan fingerprint density at radius 1 is 1.33 bits per heavy atom. The average Bonchev–Trinajstić information content (AvgIpc) is 2.49. The molecule has 62 valence electrons. The summed E-state index contributed by atoms with van der Waals surface area (Å²) in [6.45, 7) is 0. The molecular weight excluding hydrogens is 170 g/mol. The fourth-order valence-electron chi connectivity index (χ4n) is 1.10. The maximum atomic E-state index is 4.28.